The van der Waals surface area contributed by atoms with Crippen LogP contribution in [0.1, 0.15) is 60.7 Å². The fourth-order valence-electron chi connectivity index (χ4n) is 8.53. The molecule has 0 saturated carbocycles. The molecule has 2 fully saturated rings. The Morgan fingerprint density at radius 2 is 1.05 bits per heavy atom. The molecule has 0 bridgehead atoms. The number of anilines is 6. The molecule has 24 nitrogen and oxygen atoms in total. The van der Waals surface area contributed by atoms with Crippen LogP contribution in [0.4, 0.5) is 34.6 Å². The molecule has 0 radical (unpaired) electrons. The van der Waals surface area contributed by atoms with Crippen molar-refractivity contribution in [3.8, 4) is 23.3 Å². The Hall–Kier alpha value is -9.58. The first-order valence-corrected chi connectivity index (χ1v) is 24.1. The van der Waals surface area contributed by atoms with Gasteiger partial charge in [0.1, 0.15) is 11.6 Å². The molecule has 400 valence electrons. The highest BCUT2D eigenvalue weighted by atomic mass is 16.5. The number of Topliss-reactive ketones (excluding diaryl/α,β-unsaturated/α-hetero) is 1. The number of carboxylic acids is 1. The maximum Gasteiger partial charge on any atom is 0.337 e. The van der Waals surface area contributed by atoms with Crippen LogP contribution in [0.5, 0.6) is 23.3 Å². The number of nitrogens with two attached hydrogens (primary N) is 1. The molecule has 24 heteroatoms. The number of aromatic nitrogens is 8. The fourth-order valence-corrected chi connectivity index (χ4v) is 8.53. The Bertz CT molecular complexity index is 3370. The number of esters is 2. The highest BCUT2D eigenvalue weighted by Gasteiger charge is 2.28. The maximum absolute atomic E-state index is 12.9. The molecular formula is C53H57N13O11. The molecule has 2 aliphatic rings. The summed E-state index contributed by atoms with van der Waals surface area (Å²) >= 11 is 0. The summed E-state index contributed by atoms with van der Waals surface area (Å²) in [7, 11) is 8.84. The minimum Gasteiger partial charge on any atom is -0.491 e. The van der Waals surface area contributed by atoms with Crippen molar-refractivity contribution in [3.05, 3.63) is 132 Å². The summed E-state index contributed by atoms with van der Waals surface area (Å²) < 4.78 is 33.8. The highest BCUT2D eigenvalue weighted by molar-refractivity contribution is 5.98. The lowest BCUT2D eigenvalue weighted by molar-refractivity contribution is 0.0591. The van der Waals surface area contributed by atoms with Crippen LogP contribution < -0.4 is 45.1 Å². The Morgan fingerprint density at radius 1 is 0.597 bits per heavy atom. The summed E-state index contributed by atoms with van der Waals surface area (Å²) in [6.45, 7) is 3.16. The van der Waals surface area contributed by atoms with Crippen LogP contribution in [0.25, 0.3) is 11.3 Å². The van der Waals surface area contributed by atoms with Gasteiger partial charge in [-0.3, -0.25) is 4.79 Å². The topological polar surface area (TPSA) is 287 Å². The summed E-state index contributed by atoms with van der Waals surface area (Å²) in [6, 6.07) is 23.4. The van der Waals surface area contributed by atoms with Crippen molar-refractivity contribution in [1.82, 2.24) is 39.2 Å². The molecule has 2 atom stereocenters. The van der Waals surface area contributed by atoms with E-state index in [-0.39, 0.29) is 23.3 Å². The largest absolute Gasteiger partial charge is 0.491 e. The van der Waals surface area contributed by atoms with Crippen molar-refractivity contribution in [1.29, 1.82) is 0 Å². The summed E-state index contributed by atoms with van der Waals surface area (Å²) in [5.41, 5.74) is 10.5. The van der Waals surface area contributed by atoms with Gasteiger partial charge in [-0.1, -0.05) is 12.1 Å². The number of hydrogen-bond acceptors (Lipinski definition) is 21. The lowest BCUT2D eigenvalue weighted by atomic mass is 9.97. The number of nitrogens with zero attached hydrogens (tertiary/aromatic N) is 10. The molecule has 8 heterocycles. The zero-order chi connectivity index (χ0) is 54.6. The van der Waals surface area contributed by atoms with E-state index < -0.39 is 17.9 Å². The third-order valence-electron chi connectivity index (χ3n) is 12.5. The molecule has 8 aromatic rings. The molecule has 0 amide bonds. The minimum atomic E-state index is -1.02. The predicted octanol–water partition coefficient (Wildman–Crippen LogP) is 6.36. The minimum absolute atomic E-state index is 0.0492. The van der Waals surface area contributed by atoms with Gasteiger partial charge in [-0.25, -0.2) is 33.4 Å². The van der Waals surface area contributed by atoms with E-state index in [1.807, 2.05) is 24.4 Å². The van der Waals surface area contributed by atoms with Gasteiger partial charge in [0.05, 0.1) is 70.7 Å². The lowest BCUT2D eigenvalue weighted by Gasteiger charge is -2.19. The van der Waals surface area contributed by atoms with Gasteiger partial charge < -0.3 is 59.7 Å². The Labute approximate surface area is 441 Å². The van der Waals surface area contributed by atoms with Crippen LogP contribution in [0, 0.1) is 5.92 Å². The van der Waals surface area contributed by atoms with Crippen LogP contribution in [-0.4, -0.2) is 143 Å². The van der Waals surface area contributed by atoms with E-state index in [1.54, 1.807) is 91.4 Å². The van der Waals surface area contributed by atoms with Crippen molar-refractivity contribution in [2.24, 2.45) is 11.7 Å². The number of aromatic carboxylic acids is 1. The molecule has 6 aromatic heterocycles. The summed E-state index contributed by atoms with van der Waals surface area (Å²) in [5.74, 6) is 3.05. The van der Waals surface area contributed by atoms with Crippen molar-refractivity contribution in [3.63, 3.8) is 0 Å². The van der Waals surface area contributed by atoms with Crippen LogP contribution in [-0.2, 0) is 9.47 Å². The van der Waals surface area contributed by atoms with Crippen LogP contribution in [0.15, 0.2) is 110 Å². The number of carbonyl (C=O) groups excluding carboxylic acids is 3. The first-order chi connectivity index (χ1) is 37.3. The SMILES string of the molecule is COC(=O)c1ccc(C(=O)CC2CCN(c3cc(Nc4ccc(OC)c(OC)n4)c4nccn4n3)C2)cc1.COC(=O)c1ccc(C(=O)O)cc1.COc1ccc(Nc2cc(N3CCC(N)C3)nn3ccnc23)nc1OC. The number of benzene rings is 2. The Balaban J connectivity index is 0.000000173. The van der Waals surface area contributed by atoms with Gasteiger partial charge in [-0.15, -0.1) is 10.2 Å². The smallest absolute Gasteiger partial charge is 0.337 e. The molecule has 2 aliphatic heterocycles. The number of hydrogen-bond donors (Lipinski definition) is 4. The van der Waals surface area contributed by atoms with Gasteiger partial charge >= 0.3 is 17.9 Å². The van der Waals surface area contributed by atoms with E-state index in [2.05, 4.69) is 50.2 Å². The molecule has 77 heavy (non-hydrogen) atoms. The number of nitrogens with one attached hydrogen (secondary N) is 2. The Kier molecular flexibility index (Phi) is 17.2. The van der Waals surface area contributed by atoms with Crippen LogP contribution >= 0.6 is 0 Å². The van der Waals surface area contributed by atoms with Crippen molar-refractivity contribution >= 4 is 69.6 Å². The summed E-state index contributed by atoms with van der Waals surface area (Å²) in [5, 5.41) is 24.5. The maximum atomic E-state index is 12.9. The number of fused-ring (bicyclic) bond motifs is 2. The molecular weight excluding hydrogens is 995 g/mol. The van der Waals surface area contributed by atoms with Gasteiger partial charge in [0.25, 0.3) is 11.8 Å². The van der Waals surface area contributed by atoms with E-state index >= 15 is 0 Å². The van der Waals surface area contributed by atoms with E-state index in [0.29, 0.717) is 75.8 Å². The van der Waals surface area contributed by atoms with Crippen LogP contribution in [0.3, 0.4) is 0 Å². The number of carbonyl (C=O) groups is 4. The highest BCUT2D eigenvalue weighted by Crippen LogP contribution is 2.33. The van der Waals surface area contributed by atoms with Crippen molar-refractivity contribution < 1.29 is 52.7 Å². The number of pyridine rings is 2. The predicted molar refractivity (Wildman–Crippen MR) is 284 cm³/mol. The molecule has 2 saturated heterocycles. The second-order valence-corrected chi connectivity index (χ2v) is 17.5. The quantitative estimate of drug-likeness (QED) is 0.0604. The number of imidazole rings is 2. The average Bonchev–Trinajstić information content (AvgIpc) is 4.32. The molecule has 0 aliphatic carbocycles. The van der Waals surface area contributed by atoms with Gasteiger partial charge in [0, 0.05) is 81.1 Å². The first kappa shape index (κ1) is 53.7. The van der Waals surface area contributed by atoms with E-state index in [1.165, 1.54) is 45.6 Å². The lowest BCUT2D eigenvalue weighted by Crippen LogP contribution is -2.27. The Morgan fingerprint density at radius 3 is 1.48 bits per heavy atom. The summed E-state index contributed by atoms with van der Waals surface area (Å²) in [4.78, 5) is 68.0. The average molecular weight is 1050 g/mol. The molecule has 2 unspecified atom stereocenters. The van der Waals surface area contributed by atoms with Crippen LogP contribution in [0.2, 0.25) is 0 Å². The summed E-state index contributed by atoms with van der Waals surface area (Å²) in [6.07, 6.45) is 9.27. The van der Waals surface area contributed by atoms with E-state index in [0.717, 1.165) is 55.5 Å². The van der Waals surface area contributed by atoms with Crippen molar-refractivity contribution in [2.45, 2.75) is 25.3 Å². The normalized spacial score (nSPS) is 14.6. The number of carboxylic acid groups (broad SMARTS) is 1. The second-order valence-electron chi connectivity index (χ2n) is 17.5. The number of rotatable bonds is 16. The van der Waals surface area contributed by atoms with E-state index in [9.17, 15) is 19.2 Å². The molecule has 2 aromatic carbocycles. The molecule has 10 rings (SSSR count). The second kappa shape index (κ2) is 24.6. The third-order valence-corrected chi connectivity index (χ3v) is 12.5. The van der Waals surface area contributed by atoms with Crippen molar-refractivity contribution in [2.75, 3.05) is 89.3 Å². The molecule has 0 spiro atoms. The zero-order valence-corrected chi connectivity index (χ0v) is 43.1. The zero-order valence-electron chi connectivity index (χ0n) is 43.1. The van der Waals surface area contributed by atoms with Gasteiger partial charge in [0.15, 0.2) is 40.2 Å². The molecule has 5 N–H and O–H groups in total. The monoisotopic (exact) mass is 1050 g/mol. The number of ketones is 1. The van der Waals surface area contributed by atoms with Gasteiger partial charge in [-0.2, -0.15) is 9.97 Å². The van der Waals surface area contributed by atoms with Gasteiger partial charge in [-0.05, 0) is 79.4 Å². The third kappa shape index (κ3) is 12.9. The van der Waals surface area contributed by atoms with E-state index in [4.69, 9.17) is 39.6 Å². The number of methoxy groups -OCH3 is 6. The number of ether oxygens (including phenoxy) is 6. The standard InChI is InChI=1S/C27H28N6O5.C17H21N7O2.C9H8O4/c1-36-22-8-9-23(30-26(22)37-2)29-20-15-24(31-33-13-11-28-25(20)33)32-12-10-17(16-32)14-21(34)18-4-6-19(7-5-18)27(35)38-3;1-25-13-3-4-14(21-17(13)26-2)20-12-9-15(23-7-5-11(18)10-23)22-24-8-6-19-16(12)24;1-13-9(12)7-4-2-6(3-5-7)8(10)11/h4-9,11,13,15,17H,10,12,14,16H2,1-3H3,(H,29,30);3-4,6,8-9,11H,5,7,10,18H2,1-2H3,(H,20,21);2-5H,1H3,(H,10,11). The fraction of sp³-hybridized carbons (Fsp3) is 0.283. The first-order valence-electron chi connectivity index (χ1n) is 24.1. The van der Waals surface area contributed by atoms with Gasteiger partial charge in [0.2, 0.25) is 0 Å².